The van der Waals surface area contributed by atoms with Crippen molar-refractivity contribution < 1.29 is 13.5 Å². The molecular formula is C32H32F2N6O. The van der Waals surface area contributed by atoms with Crippen molar-refractivity contribution in [3.63, 3.8) is 0 Å². The zero-order valence-electron chi connectivity index (χ0n) is 23.0. The number of aromatic nitrogens is 3. The van der Waals surface area contributed by atoms with Crippen LogP contribution < -0.4 is 9.64 Å². The molecule has 0 spiro atoms. The summed E-state index contributed by atoms with van der Waals surface area (Å²) < 4.78 is 37.8. The molecule has 2 aromatic carbocycles. The van der Waals surface area contributed by atoms with Gasteiger partial charge in [-0.2, -0.15) is 15.2 Å². The van der Waals surface area contributed by atoms with Gasteiger partial charge in [-0.25, -0.2) is 8.78 Å². The first-order valence-electron chi connectivity index (χ1n) is 14.6. The number of benzene rings is 2. The molecule has 210 valence electrons. The monoisotopic (exact) mass is 554 g/mol. The van der Waals surface area contributed by atoms with Gasteiger partial charge in [-0.05, 0) is 69.5 Å². The van der Waals surface area contributed by atoms with Crippen molar-refractivity contribution in [3.05, 3.63) is 54.2 Å². The Balaban J connectivity index is 1.34. The zero-order valence-corrected chi connectivity index (χ0v) is 23.0. The zero-order chi connectivity index (χ0) is 28.0. The van der Waals surface area contributed by atoms with Crippen LogP contribution in [0.25, 0.3) is 32.9 Å². The highest BCUT2D eigenvalue weighted by Gasteiger charge is 2.45. The SMILES string of the molecule is N#CC1CCCN(c2nc(OCC34CCCN3CCC4)nc3c(F)c(-c4cccc5cccc(F)c45)ncc23)CC1. The molecule has 0 radical (unpaired) electrons. The van der Waals surface area contributed by atoms with Gasteiger partial charge in [0, 0.05) is 36.2 Å². The lowest BCUT2D eigenvalue weighted by Gasteiger charge is -2.31. The predicted molar refractivity (Wildman–Crippen MR) is 154 cm³/mol. The fourth-order valence-corrected chi connectivity index (χ4v) is 7.10. The van der Waals surface area contributed by atoms with Crippen LogP contribution in [0.3, 0.4) is 0 Å². The quantitative estimate of drug-likeness (QED) is 0.288. The van der Waals surface area contributed by atoms with Gasteiger partial charge in [0.05, 0.1) is 17.0 Å². The van der Waals surface area contributed by atoms with Gasteiger partial charge in [0.25, 0.3) is 0 Å². The molecular weight excluding hydrogens is 522 g/mol. The molecule has 9 heteroatoms. The third kappa shape index (κ3) is 4.55. The largest absolute Gasteiger partial charge is 0.461 e. The number of pyridine rings is 1. The average molecular weight is 555 g/mol. The normalized spacial score (nSPS) is 20.7. The minimum Gasteiger partial charge on any atom is -0.461 e. The lowest BCUT2D eigenvalue weighted by molar-refractivity contribution is 0.108. The van der Waals surface area contributed by atoms with E-state index in [0.29, 0.717) is 53.7 Å². The summed E-state index contributed by atoms with van der Waals surface area (Å²) in [6.45, 7) is 3.93. The maximum atomic E-state index is 16.5. The maximum absolute atomic E-state index is 16.5. The van der Waals surface area contributed by atoms with Crippen LogP contribution >= 0.6 is 0 Å². The lowest BCUT2D eigenvalue weighted by Crippen LogP contribution is -2.43. The molecule has 5 heterocycles. The standard InChI is InChI=1S/C32H32F2N6O/c33-25-10-2-8-22-7-1-9-23(26(22)25)28-27(34)29-24(19-36-28)30(39-14-3-6-21(18-35)11-17-39)38-31(37-29)41-20-32-12-4-15-40(32)16-5-13-32/h1-2,7-10,19,21H,3-6,11-17,20H2. The van der Waals surface area contributed by atoms with Crippen LogP contribution in [0.5, 0.6) is 6.01 Å². The number of fused-ring (bicyclic) bond motifs is 3. The Hall–Kier alpha value is -3.90. The second kappa shape index (κ2) is 10.5. The van der Waals surface area contributed by atoms with E-state index in [4.69, 9.17) is 9.72 Å². The number of halogens is 2. The number of nitrogens with zero attached hydrogens (tertiary/aromatic N) is 6. The first kappa shape index (κ1) is 26.0. The van der Waals surface area contributed by atoms with Crippen LogP contribution in [-0.2, 0) is 0 Å². The number of ether oxygens (including phenoxy) is 1. The fourth-order valence-electron chi connectivity index (χ4n) is 7.10. The topological polar surface area (TPSA) is 78.2 Å². The summed E-state index contributed by atoms with van der Waals surface area (Å²) in [7, 11) is 0. The lowest BCUT2D eigenvalue weighted by atomic mass is 9.95. The highest BCUT2D eigenvalue weighted by molar-refractivity contribution is 5.99. The molecule has 3 aliphatic rings. The van der Waals surface area contributed by atoms with Crippen LogP contribution in [0.4, 0.5) is 14.6 Å². The van der Waals surface area contributed by atoms with Crippen molar-refractivity contribution in [2.24, 2.45) is 5.92 Å². The van der Waals surface area contributed by atoms with Gasteiger partial charge in [-0.15, -0.1) is 0 Å². The van der Waals surface area contributed by atoms with E-state index in [-0.39, 0.29) is 28.7 Å². The predicted octanol–water partition coefficient (Wildman–Crippen LogP) is 6.26. The summed E-state index contributed by atoms with van der Waals surface area (Å²) in [6, 6.07) is 12.6. The number of nitriles is 1. The third-order valence-corrected chi connectivity index (χ3v) is 9.24. The molecule has 0 amide bonds. The Morgan fingerprint density at radius 2 is 1.78 bits per heavy atom. The Kier molecular flexibility index (Phi) is 6.66. The van der Waals surface area contributed by atoms with E-state index in [1.807, 2.05) is 0 Å². The molecule has 0 bridgehead atoms. The number of anilines is 1. The van der Waals surface area contributed by atoms with E-state index < -0.39 is 11.6 Å². The molecule has 1 atom stereocenters. The van der Waals surface area contributed by atoms with Crippen molar-refractivity contribution in [1.82, 2.24) is 19.9 Å². The molecule has 41 heavy (non-hydrogen) atoms. The smallest absolute Gasteiger partial charge is 0.319 e. The molecule has 2 aromatic heterocycles. The van der Waals surface area contributed by atoms with Crippen LogP contribution in [0.2, 0.25) is 0 Å². The fraction of sp³-hybridized carbons (Fsp3) is 0.438. The summed E-state index contributed by atoms with van der Waals surface area (Å²) in [5, 5.41) is 11.0. The molecule has 7 rings (SSSR count). The van der Waals surface area contributed by atoms with Crippen molar-refractivity contribution in [3.8, 4) is 23.3 Å². The number of hydrogen-bond acceptors (Lipinski definition) is 7. The Labute approximate surface area is 237 Å². The van der Waals surface area contributed by atoms with Gasteiger partial charge >= 0.3 is 6.01 Å². The molecule has 3 saturated heterocycles. The van der Waals surface area contributed by atoms with E-state index in [0.717, 1.165) is 51.6 Å². The van der Waals surface area contributed by atoms with E-state index in [2.05, 4.69) is 25.8 Å². The van der Waals surface area contributed by atoms with Crippen LogP contribution in [0.1, 0.15) is 44.9 Å². The van der Waals surface area contributed by atoms with Crippen molar-refractivity contribution in [2.75, 3.05) is 37.7 Å². The van der Waals surface area contributed by atoms with E-state index in [9.17, 15) is 9.65 Å². The van der Waals surface area contributed by atoms with Crippen molar-refractivity contribution in [2.45, 2.75) is 50.5 Å². The van der Waals surface area contributed by atoms with Crippen LogP contribution in [0, 0.1) is 28.9 Å². The van der Waals surface area contributed by atoms with Crippen LogP contribution in [-0.4, -0.2) is 58.2 Å². The minimum absolute atomic E-state index is 0.0104. The summed E-state index contributed by atoms with van der Waals surface area (Å²) in [5.74, 6) is -0.502. The van der Waals surface area contributed by atoms with E-state index >= 15 is 4.39 Å². The van der Waals surface area contributed by atoms with Crippen molar-refractivity contribution >= 4 is 27.5 Å². The second-order valence-corrected chi connectivity index (χ2v) is 11.6. The van der Waals surface area contributed by atoms with Gasteiger partial charge in [0.2, 0.25) is 0 Å². The molecule has 7 nitrogen and oxygen atoms in total. The van der Waals surface area contributed by atoms with Crippen LogP contribution in [0.15, 0.2) is 42.6 Å². The summed E-state index contributed by atoms with van der Waals surface area (Å²) >= 11 is 0. The highest BCUT2D eigenvalue weighted by Crippen LogP contribution is 2.40. The van der Waals surface area contributed by atoms with Crippen molar-refractivity contribution in [1.29, 1.82) is 5.26 Å². The number of rotatable bonds is 5. The minimum atomic E-state index is -0.627. The maximum Gasteiger partial charge on any atom is 0.319 e. The van der Waals surface area contributed by atoms with Gasteiger partial charge in [-0.1, -0.05) is 30.3 Å². The molecule has 3 aliphatic heterocycles. The highest BCUT2D eigenvalue weighted by atomic mass is 19.1. The van der Waals surface area contributed by atoms with Gasteiger partial charge in [-0.3, -0.25) is 9.88 Å². The Morgan fingerprint density at radius 1 is 0.976 bits per heavy atom. The summed E-state index contributed by atoms with van der Waals surface area (Å²) in [4.78, 5) is 18.5. The first-order valence-corrected chi connectivity index (χ1v) is 14.6. The Bertz CT molecular complexity index is 1650. The summed E-state index contributed by atoms with van der Waals surface area (Å²) in [6.07, 6.45) is 8.39. The Morgan fingerprint density at radius 3 is 2.59 bits per heavy atom. The molecule has 3 fully saturated rings. The molecule has 0 saturated carbocycles. The van der Waals surface area contributed by atoms with Gasteiger partial charge in [0.1, 0.15) is 29.5 Å². The van der Waals surface area contributed by atoms with Gasteiger partial charge in [0.15, 0.2) is 5.82 Å². The number of hydrogen-bond donors (Lipinski definition) is 0. The van der Waals surface area contributed by atoms with E-state index in [1.165, 1.54) is 6.07 Å². The second-order valence-electron chi connectivity index (χ2n) is 11.6. The average Bonchev–Trinajstić information content (AvgIpc) is 3.48. The molecule has 0 aliphatic carbocycles. The first-order chi connectivity index (χ1) is 20.1. The van der Waals surface area contributed by atoms with E-state index in [1.54, 1.807) is 36.5 Å². The molecule has 1 unspecified atom stereocenters. The molecule has 4 aromatic rings. The third-order valence-electron chi connectivity index (χ3n) is 9.24. The summed E-state index contributed by atoms with van der Waals surface area (Å²) in [5.41, 5.74) is 0.515. The molecule has 0 N–H and O–H groups in total. The van der Waals surface area contributed by atoms with Gasteiger partial charge < -0.3 is 9.64 Å².